The fraction of sp³-hybridized carbons (Fsp3) is 0.538. The van der Waals surface area contributed by atoms with E-state index in [9.17, 15) is 8.78 Å². The summed E-state index contributed by atoms with van der Waals surface area (Å²) in [7, 11) is 0. The molecule has 21 heavy (non-hydrogen) atoms. The number of hydrogen-bond acceptors (Lipinski definition) is 4. The normalized spacial score (nSPS) is 18.8. The predicted octanol–water partition coefficient (Wildman–Crippen LogP) is 2.47. The second kappa shape index (κ2) is 7.98. The third kappa shape index (κ3) is 3.69. The number of nitrogens with one attached hydrogen (secondary N) is 1. The minimum atomic E-state index is -2.45. The van der Waals surface area contributed by atoms with Crippen LogP contribution in [0.4, 0.5) is 8.78 Å². The van der Waals surface area contributed by atoms with E-state index in [1.165, 1.54) is 0 Å². The van der Waals surface area contributed by atoms with E-state index < -0.39 is 12.5 Å². The Balaban J connectivity index is 0.00000110. The van der Waals surface area contributed by atoms with Gasteiger partial charge in [-0.2, -0.15) is 0 Å². The van der Waals surface area contributed by atoms with E-state index in [0.717, 1.165) is 13.1 Å². The topological polar surface area (TPSA) is 33.7 Å². The average molecular weight is 343 g/mol. The van der Waals surface area contributed by atoms with E-state index in [1.807, 2.05) is 0 Å². The van der Waals surface area contributed by atoms with Crippen molar-refractivity contribution in [1.82, 2.24) is 10.2 Å². The van der Waals surface area contributed by atoms with Gasteiger partial charge in [0.1, 0.15) is 6.04 Å². The SMILES string of the molecule is Cl.Cl.FC(F)[C@H](c1cccc2c1OCO2)N1CCNCC1. The van der Waals surface area contributed by atoms with Gasteiger partial charge in [0.05, 0.1) is 0 Å². The Kier molecular flexibility index (Phi) is 6.93. The maximum atomic E-state index is 13.5. The molecule has 0 bridgehead atoms. The van der Waals surface area contributed by atoms with Crippen LogP contribution in [0.1, 0.15) is 11.6 Å². The molecule has 1 atom stereocenters. The number of para-hydroxylation sites is 1. The monoisotopic (exact) mass is 342 g/mol. The quantitative estimate of drug-likeness (QED) is 0.914. The van der Waals surface area contributed by atoms with E-state index in [1.54, 1.807) is 23.1 Å². The van der Waals surface area contributed by atoms with Crippen molar-refractivity contribution < 1.29 is 18.3 Å². The highest BCUT2D eigenvalue weighted by Gasteiger charge is 2.34. The summed E-state index contributed by atoms with van der Waals surface area (Å²) in [6.07, 6.45) is -2.45. The first-order valence-corrected chi connectivity index (χ1v) is 6.39. The Hall–Kier alpha value is -0.820. The van der Waals surface area contributed by atoms with E-state index in [2.05, 4.69) is 5.32 Å². The number of hydrogen-bond donors (Lipinski definition) is 1. The van der Waals surface area contributed by atoms with E-state index in [-0.39, 0.29) is 31.6 Å². The van der Waals surface area contributed by atoms with Crippen LogP contribution in [0.2, 0.25) is 0 Å². The van der Waals surface area contributed by atoms with Crippen molar-refractivity contribution in [3.05, 3.63) is 23.8 Å². The minimum Gasteiger partial charge on any atom is -0.454 e. The Morgan fingerprint density at radius 3 is 2.48 bits per heavy atom. The Morgan fingerprint density at radius 1 is 1.10 bits per heavy atom. The number of ether oxygens (including phenoxy) is 2. The smallest absolute Gasteiger partial charge is 0.258 e. The molecular weight excluding hydrogens is 325 g/mol. The van der Waals surface area contributed by atoms with Crippen LogP contribution in [0.15, 0.2) is 18.2 Å². The predicted molar refractivity (Wildman–Crippen MR) is 80.2 cm³/mol. The van der Waals surface area contributed by atoms with Crippen LogP contribution in [0.5, 0.6) is 11.5 Å². The van der Waals surface area contributed by atoms with Crippen molar-refractivity contribution in [1.29, 1.82) is 0 Å². The molecule has 3 rings (SSSR count). The summed E-state index contributed by atoms with van der Waals surface area (Å²) in [5.74, 6) is 1.02. The maximum Gasteiger partial charge on any atom is 0.258 e. The summed E-state index contributed by atoms with van der Waals surface area (Å²) < 4.78 is 37.6. The third-order valence-electron chi connectivity index (χ3n) is 3.53. The van der Waals surface area contributed by atoms with Crippen LogP contribution in [0.25, 0.3) is 0 Å². The number of piperazine rings is 1. The molecule has 1 aromatic carbocycles. The van der Waals surface area contributed by atoms with Crippen LogP contribution in [-0.2, 0) is 0 Å². The highest BCUT2D eigenvalue weighted by molar-refractivity contribution is 5.85. The Labute approximate surface area is 134 Å². The molecule has 1 saturated heterocycles. The highest BCUT2D eigenvalue weighted by Crippen LogP contribution is 2.42. The van der Waals surface area contributed by atoms with Crippen LogP contribution in [0.3, 0.4) is 0 Å². The molecular formula is C13H18Cl2F2N2O2. The zero-order valence-electron chi connectivity index (χ0n) is 11.3. The lowest BCUT2D eigenvalue weighted by Crippen LogP contribution is -2.46. The lowest BCUT2D eigenvalue weighted by atomic mass is 10.0. The molecule has 120 valence electrons. The van der Waals surface area contributed by atoms with Crippen LogP contribution >= 0.6 is 24.8 Å². The first kappa shape index (κ1) is 18.2. The number of halogens is 4. The molecule has 1 aromatic rings. The fourth-order valence-electron chi connectivity index (χ4n) is 2.64. The molecule has 0 radical (unpaired) electrons. The number of nitrogens with zero attached hydrogens (tertiary/aromatic N) is 1. The molecule has 0 aliphatic carbocycles. The maximum absolute atomic E-state index is 13.5. The van der Waals surface area contributed by atoms with Crippen LogP contribution in [0, 0.1) is 0 Å². The second-order valence-electron chi connectivity index (χ2n) is 4.65. The van der Waals surface area contributed by atoms with Crippen molar-refractivity contribution in [3.63, 3.8) is 0 Å². The Bertz CT molecular complexity index is 460. The van der Waals surface area contributed by atoms with Crippen molar-refractivity contribution in [2.45, 2.75) is 12.5 Å². The molecule has 2 aliphatic heterocycles. The lowest BCUT2D eigenvalue weighted by molar-refractivity contribution is 0.0168. The van der Waals surface area contributed by atoms with Gasteiger partial charge in [0.15, 0.2) is 11.5 Å². The van der Waals surface area contributed by atoms with Gasteiger partial charge in [0.25, 0.3) is 6.43 Å². The average Bonchev–Trinajstić information content (AvgIpc) is 2.89. The van der Waals surface area contributed by atoms with Gasteiger partial charge in [-0.15, -0.1) is 24.8 Å². The number of alkyl halides is 2. The van der Waals surface area contributed by atoms with Crippen LogP contribution < -0.4 is 14.8 Å². The van der Waals surface area contributed by atoms with Gasteiger partial charge in [-0.05, 0) is 6.07 Å². The van der Waals surface area contributed by atoms with Gasteiger partial charge >= 0.3 is 0 Å². The number of rotatable bonds is 3. The summed E-state index contributed by atoms with van der Waals surface area (Å²) in [6.45, 7) is 2.79. The molecule has 0 aromatic heterocycles. The van der Waals surface area contributed by atoms with Crippen molar-refractivity contribution in [3.8, 4) is 11.5 Å². The van der Waals surface area contributed by atoms with Crippen LogP contribution in [-0.4, -0.2) is 44.3 Å². The molecule has 4 nitrogen and oxygen atoms in total. The van der Waals surface area contributed by atoms with Crippen molar-refractivity contribution >= 4 is 24.8 Å². The molecule has 0 spiro atoms. The van der Waals surface area contributed by atoms with Gasteiger partial charge < -0.3 is 14.8 Å². The third-order valence-corrected chi connectivity index (χ3v) is 3.53. The lowest BCUT2D eigenvalue weighted by Gasteiger charge is -2.34. The van der Waals surface area contributed by atoms with Crippen molar-refractivity contribution in [2.75, 3.05) is 33.0 Å². The fourth-order valence-corrected chi connectivity index (χ4v) is 2.64. The molecule has 0 unspecified atom stereocenters. The summed E-state index contributed by atoms with van der Waals surface area (Å²) in [5, 5.41) is 3.17. The standard InChI is InChI=1S/C13H16F2N2O2.2ClH/c14-13(15)11(17-6-4-16-5-7-17)9-2-1-3-10-12(9)19-8-18-10;;/h1-3,11,13,16H,4-8H2;2*1H/t11-;;/m0../s1. The summed E-state index contributed by atoms with van der Waals surface area (Å²) in [4.78, 5) is 1.80. The molecule has 0 saturated carbocycles. The summed E-state index contributed by atoms with van der Waals surface area (Å²) >= 11 is 0. The molecule has 1 fully saturated rings. The Morgan fingerprint density at radius 2 is 1.81 bits per heavy atom. The first-order valence-electron chi connectivity index (χ1n) is 6.39. The zero-order chi connectivity index (χ0) is 13.2. The summed E-state index contributed by atoms with van der Waals surface area (Å²) in [6, 6.07) is 4.25. The van der Waals surface area contributed by atoms with Gasteiger partial charge in [-0.25, -0.2) is 8.78 Å². The molecule has 0 amide bonds. The van der Waals surface area contributed by atoms with Gasteiger partial charge in [0.2, 0.25) is 6.79 Å². The molecule has 2 aliphatic rings. The van der Waals surface area contributed by atoms with Crippen molar-refractivity contribution in [2.24, 2.45) is 0 Å². The molecule has 2 heterocycles. The molecule has 8 heteroatoms. The highest BCUT2D eigenvalue weighted by atomic mass is 35.5. The molecule has 1 N–H and O–H groups in total. The number of benzene rings is 1. The van der Waals surface area contributed by atoms with Gasteiger partial charge in [-0.3, -0.25) is 4.90 Å². The first-order chi connectivity index (χ1) is 9.27. The van der Waals surface area contributed by atoms with Gasteiger partial charge in [0, 0.05) is 31.7 Å². The number of fused-ring (bicyclic) bond motifs is 1. The second-order valence-corrected chi connectivity index (χ2v) is 4.65. The van der Waals surface area contributed by atoms with E-state index in [4.69, 9.17) is 9.47 Å². The zero-order valence-corrected chi connectivity index (χ0v) is 12.9. The minimum absolute atomic E-state index is 0. The van der Waals surface area contributed by atoms with E-state index in [0.29, 0.717) is 30.2 Å². The summed E-state index contributed by atoms with van der Waals surface area (Å²) in [5.41, 5.74) is 0.520. The van der Waals surface area contributed by atoms with E-state index >= 15 is 0 Å². The van der Waals surface area contributed by atoms with Gasteiger partial charge in [-0.1, -0.05) is 12.1 Å². The largest absolute Gasteiger partial charge is 0.454 e.